The van der Waals surface area contributed by atoms with Crippen LogP contribution in [0.4, 0.5) is 8.78 Å². The lowest BCUT2D eigenvalue weighted by molar-refractivity contribution is -0.122. The second kappa shape index (κ2) is 11.4. The van der Waals surface area contributed by atoms with E-state index in [2.05, 4.69) is 15.7 Å². The van der Waals surface area contributed by atoms with E-state index >= 15 is 0 Å². The standard InChI is InChI=1S/C28H37F2N7O2/c1-3-5-23(38)34-24(18-6-7-18)21-10-14-36-17-22(33-27(36)32-21)25(19-8-11-28(29,30)12-9-19)35-26(39)20-15-31-37(16-20)13-4-2/h10,14-19,24-25H,3-9,11-13H2,1-2H3,(H,34,38)(H,35,39)/t24-,25+/m1/s1. The molecule has 0 aliphatic heterocycles. The van der Waals surface area contributed by atoms with Crippen LogP contribution < -0.4 is 10.6 Å². The summed E-state index contributed by atoms with van der Waals surface area (Å²) < 4.78 is 31.5. The van der Waals surface area contributed by atoms with Crippen LogP contribution in [-0.2, 0) is 11.3 Å². The summed E-state index contributed by atoms with van der Waals surface area (Å²) in [5.74, 6) is -2.34. The van der Waals surface area contributed by atoms with Crippen LogP contribution in [-0.4, -0.2) is 41.9 Å². The summed E-state index contributed by atoms with van der Waals surface area (Å²) >= 11 is 0. The van der Waals surface area contributed by atoms with Gasteiger partial charge >= 0.3 is 0 Å². The molecule has 2 amide bonds. The van der Waals surface area contributed by atoms with Gasteiger partial charge in [0.05, 0.1) is 35.2 Å². The summed E-state index contributed by atoms with van der Waals surface area (Å²) in [6.45, 7) is 4.71. The molecular formula is C28H37F2N7O2. The summed E-state index contributed by atoms with van der Waals surface area (Å²) in [4.78, 5) is 35.1. The second-order valence-corrected chi connectivity index (χ2v) is 11.0. The first-order valence-electron chi connectivity index (χ1n) is 14.1. The first kappa shape index (κ1) is 27.2. The van der Waals surface area contributed by atoms with Crippen molar-refractivity contribution in [2.45, 2.75) is 96.2 Å². The fourth-order valence-corrected chi connectivity index (χ4v) is 5.45. The number of fused-ring (bicyclic) bond motifs is 1. The van der Waals surface area contributed by atoms with Gasteiger partial charge in [0.15, 0.2) is 0 Å². The van der Waals surface area contributed by atoms with E-state index in [1.54, 1.807) is 15.3 Å². The quantitative estimate of drug-likeness (QED) is 0.355. The van der Waals surface area contributed by atoms with Gasteiger partial charge in [-0.2, -0.15) is 5.10 Å². The number of nitrogens with zero attached hydrogens (tertiary/aromatic N) is 5. The van der Waals surface area contributed by atoms with Crippen molar-refractivity contribution in [1.82, 2.24) is 34.8 Å². The van der Waals surface area contributed by atoms with Crippen LogP contribution in [0.3, 0.4) is 0 Å². The number of alkyl halides is 2. The summed E-state index contributed by atoms with van der Waals surface area (Å²) in [6.07, 6.45) is 11.3. The first-order chi connectivity index (χ1) is 18.8. The first-order valence-corrected chi connectivity index (χ1v) is 14.1. The van der Waals surface area contributed by atoms with Gasteiger partial charge in [0.25, 0.3) is 5.91 Å². The molecule has 2 atom stereocenters. The monoisotopic (exact) mass is 541 g/mol. The summed E-state index contributed by atoms with van der Waals surface area (Å²) in [5.41, 5.74) is 1.77. The highest BCUT2D eigenvalue weighted by Crippen LogP contribution is 2.42. The highest BCUT2D eigenvalue weighted by molar-refractivity contribution is 5.94. The van der Waals surface area contributed by atoms with Crippen LogP contribution >= 0.6 is 0 Å². The Kier molecular flexibility index (Phi) is 7.95. The number of aromatic nitrogens is 5. The number of halogens is 2. The number of carbonyl (C=O) groups excluding carboxylic acids is 2. The van der Waals surface area contributed by atoms with Crippen LogP contribution in [0.1, 0.15) is 105 Å². The summed E-state index contributed by atoms with van der Waals surface area (Å²) in [6, 6.07) is 1.19. The minimum Gasteiger partial charge on any atom is -0.347 e. The number of rotatable bonds is 11. The number of hydrogen-bond acceptors (Lipinski definition) is 5. The lowest BCUT2D eigenvalue weighted by atomic mass is 9.81. The SMILES string of the molecule is CCCC(=O)N[C@@H](c1ccn2cc([C@@H](NC(=O)c3cnn(CCC)c3)C3CCC(F)(F)CC3)nc2n1)C1CC1. The maximum Gasteiger partial charge on any atom is 0.255 e. The zero-order valence-electron chi connectivity index (χ0n) is 22.6. The number of hydrogen-bond donors (Lipinski definition) is 2. The van der Waals surface area contributed by atoms with Gasteiger partial charge in [-0.3, -0.25) is 18.7 Å². The molecule has 3 heterocycles. The molecule has 0 bridgehead atoms. The molecule has 0 aromatic carbocycles. The van der Waals surface area contributed by atoms with E-state index in [4.69, 9.17) is 9.97 Å². The van der Waals surface area contributed by atoms with Gasteiger partial charge in [-0.25, -0.2) is 18.7 Å². The molecule has 210 valence electrons. The van der Waals surface area contributed by atoms with Crippen molar-refractivity contribution in [1.29, 1.82) is 0 Å². The van der Waals surface area contributed by atoms with E-state index in [1.165, 1.54) is 6.20 Å². The third kappa shape index (κ3) is 6.45. The van der Waals surface area contributed by atoms with Gasteiger partial charge in [0, 0.05) is 44.4 Å². The molecule has 0 spiro atoms. The van der Waals surface area contributed by atoms with Crippen LogP contribution in [0.5, 0.6) is 0 Å². The fourth-order valence-electron chi connectivity index (χ4n) is 5.45. The van der Waals surface area contributed by atoms with Crippen LogP contribution in [0, 0.1) is 11.8 Å². The van der Waals surface area contributed by atoms with E-state index in [-0.39, 0.29) is 49.5 Å². The average molecular weight is 542 g/mol. The Hall–Kier alpha value is -3.37. The number of amides is 2. The van der Waals surface area contributed by atoms with E-state index in [1.807, 2.05) is 32.3 Å². The minimum atomic E-state index is -2.68. The van der Waals surface area contributed by atoms with Crippen molar-refractivity contribution in [2.75, 3.05) is 0 Å². The summed E-state index contributed by atoms with van der Waals surface area (Å²) in [5, 5.41) is 10.4. The molecular weight excluding hydrogens is 504 g/mol. The molecule has 3 aromatic heterocycles. The van der Waals surface area contributed by atoms with Crippen molar-refractivity contribution in [3.63, 3.8) is 0 Å². The van der Waals surface area contributed by atoms with Crippen molar-refractivity contribution < 1.29 is 18.4 Å². The Balaban J connectivity index is 1.41. The lowest BCUT2D eigenvalue weighted by Crippen LogP contribution is -2.37. The molecule has 2 aliphatic carbocycles. The van der Waals surface area contributed by atoms with Gasteiger partial charge in [0.1, 0.15) is 0 Å². The molecule has 0 unspecified atom stereocenters. The Morgan fingerprint density at radius 2 is 1.69 bits per heavy atom. The lowest BCUT2D eigenvalue weighted by Gasteiger charge is -2.33. The minimum absolute atomic E-state index is 0.0132. The Bertz CT molecular complexity index is 1310. The molecule has 11 heteroatoms. The van der Waals surface area contributed by atoms with E-state index in [0.717, 1.165) is 31.4 Å². The van der Waals surface area contributed by atoms with Crippen molar-refractivity contribution in [2.24, 2.45) is 11.8 Å². The van der Waals surface area contributed by atoms with E-state index in [9.17, 15) is 18.4 Å². The van der Waals surface area contributed by atoms with Crippen molar-refractivity contribution >= 4 is 17.6 Å². The highest BCUT2D eigenvalue weighted by atomic mass is 19.3. The number of imidazole rings is 1. The fraction of sp³-hybridized carbons (Fsp3) is 0.607. The van der Waals surface area contributed by atoms with E-state index < -0.39 is 12.0 Å². The predicted molar refractivity (Wildman–Crippen MR) is 141 cm³/mol. The maximum absolute atomic E-state index is 14.0. The Labute approximate surface area is 226 Å². The van der Waals surface area contributed by atoms with Gasteiger partial charge in [-0.1, -0.05) is 13.8 Å². The van der Waals surface area contributed by atoms with Crippen molar-refractivity contribution in [3.8, 4) is 0 Å². The van der Waals surface area contributed by atoms with Crippen LogP contribution in [0.25, 0.3) is 5.78 Å². The Morgan fingerprint density at radius 1 is 1.00 bits per heavy atom. The van der Waals surface area contributed by atoms with Gasteiger partial charge in [-0.15, -0.1) is 0 Å². The molecule has 0 radical (unpaired) electrons. The van der Waals surface area contributed by atoms with Crippen molar-refractivity contribution in [3.05, 3.63) is 47.8 Å². The van der Waals surface area contributed by atoms with E-state index in [0.29, 0.717) is 35.9 Å². The Morgan fingerprint density at radius 3 is 2.38 bits per heavy atom. The van der Waals surface area contributed by atoms with Crippen LogP contribution in [0.2, 0.25) is 0 Å². The average Bonchev–Trinajstić information content (AvgIpc) is 3.48. The number of carbonyl (C=O) groups is 2. The topological polar surface area (TPSA) is 106 Å². The normalized spacial score (nSPS) is 19.1. The van der Waals surface area contributed by atoms with Gasteiger partial charge in [0.2, 0.25) is 17.6 Å². The maximum atomic E-state index is 14.0. The third-order valence-corrected chi connectivity index (χ3v) is 7.76. The van der Waals surface area contributed by atoms with Crippen LogP contribution in [0.15, 0.2) is 30.9 Å². The number of nitrogens with one attached hydrogen (secondary N) is 2. The number of aryl methyl sites for hydroxylation is 1. The smallest absolute Gasteiger partial charge is 0.255 e. The summed E-state index contributed by atoms with van der Waals surface area (Å²) in [7, 11) is 0. The second-order valence-electron chi connectivity index (χ2n) is 11.0. The predicted octanol–water partition coefficient (Wildman–Crippen LogP) is 5.00. The largest absolute Gasteiger partial charge is 0.347 e. The molecule has 9 nitrogen and oxygen atoms in total. The molecule has 5 rings (SSSR count). The molecule has 2 fully saturated rings. The molecule has 2 aliphatic rings. The molecule has 3 aromatic rings. The molecule has 2 saturated carbocycles. The third-order valence-electron chi connectivity index (χ3n) is 7.76. The van der Waals surface area contributed by atoms with Gasteiger partial charge < -0.3 is 10.6 Å². The zero-order valence-corrected chi connectivity index (χ0v) is 22.6. The molecule has 2 N–H and O–H groups in total. The highest BCUT2D eigenvalue weighted by Gasteiger charge is 2.40. The molecule has 0 saturated heterocycles. The van der Waals surface area contributed by atoms with Gasteiger partial charge in [-0.05, 0) is 56.4 Å². The zero-order chi connectivity index (χ0) is 27.6. The molecule has 39 heavy (non-hydrogen) atoms.